The van der Waals surface area contributed by atoms with Crippen LogP contribution in [0, 0.1) is 11.3 Å². The highest BCUT2D eigenvalue weighted by molar-refractivity contribution is 5.99. The van der Waals surface area contributed by atoms with Gasteiger partial charge in [0, 0.05) is 18.5 Å². The molecule has 3 unspecified atom stereocenters. The zero-order valence-corrected chi connectivity index (χ0v) is 19.8. The van der Waals surface area contributed by atoms with Crippen molar-refractivity contribution in [2.45, 2.75) is 44.1 Å². The molecule has 2 aliphatic rings. The molecule has 3 atom stereocenters. The molecule has 8 nitrogen and oxygen atoms in total. The molecule has 0 saturated carbocycles. The zero-order valence-electron chi connectivity index (χ0n) is 19.8. The molecule has 2 fully saturated rings. The van der Waals surface area contributed by atoms with Crippen molar-refractivity contribution in [1.29, 1.82) is 5.26 Å². The van der Waals surface area contributed by atoms with Gasteiger partial charge in [-0.25, -0.2) is 4.39 Å². The second kappa shape index (κ2) is 10.6. The Morgan fingerprint density at radius 2 is 1.80 bits per heavy atom. The van der Waals surface area contributed by atoms with E-state index in [1.807, 2.05) is 30.3 Å². The molecule has 2 saturated heterocycles. The molecular formula is C26H28FN3O5. The van der Waals surface area contributed by atoms with Crippen LogP contribution >= 0.6 is 0 Å². The molecule has 2 aromatic rings. The molecule has 0 N–H and O–H groups in total. The van der Waals surface area contributed by atoms with Crippen molar-refractivity contribution in [2.75, 3.05) is 27.3 Å². The molecule has 9 heteroatoms. The summed E-state index contributed by atoms with van der Waals surface area (Å²) in [7, 11) is 2.90. The lowest BCUT2D eigenvalue weighted by atomic mass is 10.1. The van der Waals surface area contributed by atoms with Crippen LogP contribution in [0.15, 0.2) is 42.5 Å². The molecule has 0 aliphatic carbocycles. The Bertz CT molecular complexity index is 1090. The van der Waals surface area contributed by atoms with Crippen LogP contribution in [0.25, 0.3) is 0 Å². The van der Waals surface area contributed by atoms with Gasteiger partial charge in [-0.15, -0.1) is 0 Å². The molecule has 2 heterocycles. The number of benzene rings is 2. The molecule has 2 aromatic carbocycles. The van der Waals surface area contributed by atoms with E-state index in [0.717, 1.165) is 5.56 Å². The van der Waals surface area contributed by atoms with E-state index in [2.05, 4.69) is 6.07 Å². The van der Waals surface area contributed by atoms with Crippen molar-refractivity contribution in [1.82, 2.24) is 9.80 Å². The molecule has 35 heavy (non-hydrogen) atoms. The van der Waals surface area contributed by atoms with Crippen LogP contribution in [-0.4, -0.2) is 67.2 Å². The van der Waals surface area contributed by atoms with Crippen LogP contribution in [0.1, 0.15) is 35.2 Å². The summed E-state index contributed by atoms with van der Waals surface area (Å²) >= 11 is 0. The van der Waals surface area contributed by atoms with Gasteiger partial charge in [0.05, 0.1) is 26.8 Å². The van der Waals surface area contributed by atoms with Gasteiger partial charge in [0.1, 0.15) is 24.9 Å². The summed E-state index contributed by atoms with van der Waals surface area (Å²) in [6.07, 6.45) is -0.122. The number of ether oxygens (including phenoxy) is 3. The van der Waals surface area contributed by atoms with Crippen molar-refractivity contribution < 1.29 is 28.2 Å². The summed E-state index contributed by atoms with van der Waals surface area (Å²) in [5.41, 5.74) is 1.14. The Labute approximate surface area is 203 Å². The number of carbonyl (C=O) groups is 2. The quantitative estimate of drug-likeness (QED) is 0.602. The van der Waals surface area contributed by atoms with E-state index in [0.29, 0.717) is 25.1 Å². The first-order chi connectivity index (χ1) is 17.0. The van der Waals surface area contributed by atoms with E-state index in [4.69, 9.17) is 14.2 Å². The maximum atomic E-state index is 14.4. The highest BCUT2D eigenvalue weighted by atomic mass is 19.1. The lowest BCUT2D eigenvalue weighted by Gasteiger charge is -2.29. The number of nitriles is 1. The maximum absolute atomic E-state index is 14.4. The standard InChI is InChI=1S/C26H28FN3O5/c1-33-22-11-18(12-23(34-2)24(22)35-16-17-7-4-3-5-8-17)25(31)30-15-19(27)13-21(30)26(32)29-10-6-9-20(29)14-28/h3-5,7-8,11-12,19-21H,6,9-10,13,15-16H2,1-2H3. The number of amides is 2. The molecule has 0 spiro atoms. The van der Waals surface area contributed by atoms with Crippen LogP contribution in [0.4, 0.5) is 4.39 Å². The number of methoxy groups -OCH3 is 2. The second-order valence-electron chi connectivity index (χ2n) is 8.61. The van der Waals surface area contributed by atoms with Gasteiger partial charge in [-0.05, 0) is 30.5 Å². The Hall–Kier alpha value is -3.80. The van der Waals surface area contributed by atoms with Crippen LogP contribution in [0.5, 0.6) is 17.2 Å². The van der Waals surface area contributed by atoms with Crippen molar-refractivity contribution in [2.24, 2.45) is 0 Å². The fourth-order valence-electron chi connectivity index (χ4n) is 4.64. The molecular weight excluding hydrogens is 453 g/mol. The summed E-state index contributed by atoms with van der Waals surface area (Å²) in [5, 5.41) is 9.35. The Balaban J connectivity index is 1.59. The minimum absolute atomic E-state index is 0.0915. The van der Waals surface area contributed by atoms with E-state index in [-0.39, 0.29) is 42.5 Å². The maximum Gasteiger partial charge on any atom is 0.254 e. The van der Waals surface area contributed by atoms with Crippen molar-refractivity contribution in [3.05, 3.63) is 53.6 Å². The molecule has 0 radical (unpaired) electrons. The predicted molar refractivity (Wildman–Crippen MR) is 125 cm³/mol. The molecule has 0 bridgehead atoms. The highest BCUT2D eigenvalue weighted by Crippen LogP contribution is 2.40. The van der Waals surface area contributed by atoms with Crippen molar-refractivity contribution in [3.8, 4) is 23.3 Å². The summed E-state index contributed by atoms with van der Waals surface area (Å²) in [5.74, 6) is 0.00615. The number of hydrogen-bond acceptors (Lipinski definition) is 6. The van der Waals surface area contributed by atoms with Gasteiger partial charge in [-0.3, -0.25) is 9.59 Å². The second-order valence-corrected chi connectivity index (χ2v) is 8.61. The number of carbonyl (C=O) groups excluding carboxylic acids is 2. The Morgan fingerprint density at radius 3 is 2.43 bits per heavy atom. The van der Waals surface area contributed by atoms with Crippen LogP contribution in [0.3, 0.4) is 0 Å². The van der Waals surface area contributed by atoms with Gasteiger partial charge in [-0.1, -0.05) is 30.3 Å². The number of halogens is 1. The van der Waals surface area contributed by atoms with Gasteiger partial charge >= 0.3 is 0 Å². The van der Waals surface area contributed by atoms with E-state index in [1.54, 1.807) is 0 Å². The lowest BCUT2D eigenvalue weighted by Crippen LogP contribution is -2.49. The lowest BCUT2D eigenvalue weighted by molar-refractivity contribution is -0.135. The average molecular weight is 482 g/mol. The zero-order chi connectivity index (χ0) is 24.9. The smallest absolute Gasteiger partial charge is 0.254 e. The van der Waals surface area contributed by atoms with Crippen molar-refractivity contribution >= 4 is 11.8 Å². The number of hydrogen-bond donors (Lipinski definition) is 0. The fourth-order valence-corrected chi connectivity index (χ4v) is 4.64. The fraction of sp³-hybridized carbons (Fsp3) is 0.423. The summed E-state index contributed by atoms with van der Waals surface area (Å²) in [6.45, 7) is 0.502. The monoisotopic (exact) mass is 481 g/mol. The van der Waals surface area contributed by atoms with Crippen molar-refractivity contribution in [3.63, 3.8) is 0 Å². The third kappa shape index (κ3) is 5.02. The van der Waals surface area contributed by atoms with Gasteiger partial charge < -0.3 is 24.0 Å². The largest absolute Gasteiger partial charge is 0.493 e. The molecule has 4 rings (SSSR count). The SMILES string of the molecule is COc1cc(C(=O)N2CC(F)CC2C(=O)N2CCCC2C#N)cc(OC)c1OCc1ccccc1. The molecule has 2 amide bonds. The summed E-state index contributed by atoms with van der Waals surface area (Å²) in [4.78, 5) is 29.4. The van der Waals surface area contributed by atoms with Crippen LogP contribution < -0.4 is 14.2 Å². The minimum Gasteiger partial charge on any atom is -0.493 e. The first kappa shape index (κ1) is 24.3. The predicted octanol–water partition coefficient (Wildman–Crippen LogP) is 3.35. The van der Waals surface area contributed by atoms with E-state index in [9.17, 15) is 19.2 Å². The van der Waals surface area contributed by atoms with E-state index >= 15 is 0 Å². The van der Waals surface area contributed by atoms with E-state index in [1.165, 1.54) is 36.2 Å². The third-order valence-electron chi connectivity index (χ3n) is 6.41. The topological polar surface area (TPSA) is 92.1 Å². The summed E-state index contributed by atoms with van der Waals surface area (Å²) < 4.78 is 31.3. The minimum atomic E-state index is -1.33. The molecule has 0 aromatic heterocycles. The van der Waals surface area contributed by atoms with Crippen LogP contribution in [-0.2, 0) is 11.4 Å². The van der Waals surface area contributed by atoms with Gasteiger partial charge in [0.15, 0.2) is 11.5 Å². The summed E-state index contributed by atoms with van der Waals surface area (Å²) in [6, 6.07) is 13.2. The number of alkyl halides is 1. The van der Waals surface area contributed by atoms with Gasteiger partial charge in [0.25, 0.3) is 5.91 Å². The third-order valence-corrected chi connectivity index (χ3v) is 6.41. The number of likely N-dealkylation sites (tertiary alicyclic amines) is 2. The van der Waals surface area contributed by atoms with E-state index < -0.39 is 24.2 Å². The Kier molecular flexibility index (Phi) is 7.39. The average Bonchev–Trinajstić information content (AvgIpc) is 3.53. The first-order valence-corrected chi connectivity index (χ1v) is 11.5. The molecule has 2 aliphatic heterocycles. The number of nitrogens with zero attached hydrogens (tertiary/aromatic N) is 3. The van der Waals surface area contributed by atoms with Gasteiger partial charge in [-0.2, -0.15) is 5.26 Å². The van der Waals surface area contributed by atoms with Crippen LogP contribution in [0.2, 0.25) is 0 Å². The number of rotatable bonds is 7. The normalized spacial score (nSPS) is 21.5. The van der Waals surface area contributed by atoms with Gasteiger partial charge in [0.2, 0.25) is 11.7 Å². The first-order valence-electron chi connectivity index (χ1n) is 11.5. The highest BCUT2D eigenvalue weighted by Gasteiger charge is 2.44. The molecule has 184 valence electrons. The Morgan fingerprint density at radius 1 is 1.11 bits per heavy atom.